The van der Waals surface area contributed by atoms with Crippen molar-refractivity contribution in [3.05, 3.63) is 65.4 Å². The van der Waals surface area contributed by atoms with Gasteiger partial charge in [0.1, 0.15) is 0 Å². The first-order valence-corrected chi connectivity index (χ1v) is 10.3. The van der Waals surface area contributed by atoms with Crippen molar-refractivity contribution in [3.8, 4) is 0 Å². The van der Waals surface area contributed by atoms with E-state index in [9.17, 15) is 8.42 Å². The fraction of sp³-hybridized carbons (Fsp3) is 0.211. The largest absolute Gasteiger partial charge is 0.353 e. The molecule has 28 heavy (non-hydrogen) atoms. The number of primary sulfonamides is 1. The predicted octanol–water partition coefficient (Wildman–Crippen LogP) is 2.53. The van der Waals surface area contributed by atoms with E-state index in [1.165, 1.54) is 17.7 Å². The van der Waals surface area contributed by atoms with Gasteiger partial charge in [-0.3, -0.25) is 0 Å². The van der Waals surface area contributed by atoms with Gasteiger partial charge in [0, 0.05) is 12.2 Å². The highest BCUT2D eigenvalue weighted by atomic mass is 32.2. The molecule has 0 aliphatic heterocycles. The summed E-state index contributed by atoms with van der Waals surface area (Å²) < 4.78 is 22.6. The number of nitrogens with one attached hydrogen (secondary N) is 2. The molecule has 0 radical (unpaired) electrons. The smallest absolute Gasteiger partial charge is 0.244 e. The average Bonchev–Trinajstić information content (AvgIpc) is 2.66. The third kappa shape index (κ3) is 5.02. The Morgan fingerprint density at radius 1 is 1.07 bits per heavy atom. The van der Waals surface area contributed by atoms with Gasteiger partial charge in [0.2, 0.25) is 16.0 Å². The Morgan fingerprint density at radius 3 is 2.54 bits per heavy atom. The van der Waals surface area contributed by atoms with E-state index in [0.29, 0.717) is 24.7 Å². The second-order valence-corrected chi connectivity index (χ2v) is 7.96. The maximum absolute atomic E-state index is 11.3. The van der Waals surface area contributed by atoms with Crippen LogP contribution in [0.3, 0.4) is 0 Å². The summed E-state index contributed by atoms with van der Waals surface area (Å²) in [5.74, 6) is 1.01. The van der Waals surface area contributed by atoms with Gasteiger partial charge >= 0.3 is 0 Å². The highest BCUT2D eigenvalue weighted by molar-refractivity contribution is 7.89. The van der Waals surface area contributed by atoms with Crippen molar-refractivity contribution in [1.82, 2.24) is 15.2 Å². The molecular formula is C19H22N6O2S. The van der Waals surface area contributed by atoms with Crippen LogP contribution in [0, 0.1) is 13.8 Å². The minimum Gasteiger partial charge on any atom is -0.353 e. The number of hydrogen-bond acceptors (Lipinski definition) is 7. The zero-order valence-electron chi connectivity index (χ0n) is 15.7. The Balaban J connectivity index is 1.60. The normalized spacial score (nSPS) is 11.2. The lowest BCUT2D eigenvalue weighted by molar-refractivity contribution is 0.598. The van der Waals surface area contributed by atoms with Crippen molar-refractivity contribution in [2.24, 2.45) is 5.14 Å². The first-order valence-electron chi connectivity index (χ1n) is 8.71. The van der Waals surface area contributed by atoms with Gasteiger partial charge in [-0.15, -0.1) is 5.10 Å². The highest BCUT2D eigenvalue weighted by Crippen LogP contribution is 2.21. The summed E-state index contributed by atoms with van der Waals surface area (Å²) in [7, 11) is -3.67. The van der Waals surface area contributed by atoms with Crippen LogP contribution in [-0.2, 0) is 16.4 Å². The summed E-state index contributed by atoms with van der Waals surface area (Å²) in [6.07, 6.45) is 2.24. The standard InChI is InChI=1S/C19H22N6O2S/c1-13-4-3-5-17(14(13)2)23-18-12-22-25-19(24-18)21-11-10-15-6-8-16(9-7-15)28(20,26)27/h3-9,12H,10-11H2,1-2H3,(H2,20,26,27)(H2,21,23,24,25). The molecule has 1 aromatic heterocycles. The lowest BCUT2D eigenvalue weighted by Crippen LogP contribution is -2.12. The first-order chi connectivity index (χ1) is 13.3. The van der Waals surface area contributed by atoms with Crippen LogP contribution in [0.25, 0.3) is 0 Å². The van der Waals surface area contributed by atoms with Crippen molar-refractivity contribution in [2.45, 2.75) is 25.2 Å². The Kier molecular flexibility index (Phi) is 5.86. The molecule has 0 unspecified atom stereocenters. The van der Waals surface area contributed by atoms with Crippen molar-refractivity contribution >= 4 is 27.5 Å². The molecule has 0 saturated carbocycles. The van der Waals surface area contributed by atoms with E-state index in [1.807, 2.05) is 19.1 Å². The minimum atomic E-state index is -3.67. The average molecular weight is 398 g/mol. The molecule has 0 aliphatic carbocycles. The summed E-state index contributed by atoms with van der Waals surface area (Å²) in [4.78, 5) is 4.52. The van der Waals surface area contributed by atoms with E-state index in [0.717, 1.165) is 16.8 Å². The molecule has 0 spiro atoms. The number of anilines is 3. The lowest BCUT2D eigenvalue weighted by atomic mass is 10.1. The molecule has 3 rings (SSSR count). The zero-order chi connectivity index (χ0) is 20.1. The molecule has 1 heterocycles. The molecule has 8 nitrogen and oxygen atoms in total. The first kappa shape index (κ1) is 19.7. The van der Waals surface area contributed by atoms with Gasteiger partial charge in [-0.1, -0.05) is 24.3 Å². The summed E-state index contributed by atoms with van der Waals surface area (Å²) in [5, 5.41) is 19.5. The quantitative estimate of drug-likeness (QED) is 0.559. The summed E-state index contributed by atoms with van der Waals surface area (Å²) in [6, 6.07) is 12.5. The molecule has 0 bridgehead atoms. The van der Waals surface area contributed by atoms with Crippen molar-refractivity contribution in [3.63, 3.8) is 0 Å². The zero-order valence-corrected chi connectivity index (χ0v) is 16.5. The van der Waals surface area contributed by atoms with E-state index in [2.05, 4.69) is 38.8 Å². The van der Waals surface area contributed by atoms with Crippen LogP contribution in [0.15, 0.2) is 53.6 Å². The third-order valence-electron chi connectivity index (χ3n) is 4.37. The van der Waals surface area contributed by atoms with Crippen LogP contribution in [0.2, 0.25) is 0 Å². The minimum absolute atomic E-state index is 0.0990. The number of nitrogens with zero attached hydrogens (tertiary/aromatic N) is 3. The Morgan fingerprint density at radius 2 is 1.82 bits per heavy atom. The van der Waals surface area contributed by atoms with Gasteiger partial charge in [-0.2, -0.15) is 10.1 Å². The number of aryl methyl sites for hydroxylation is 1. The highest BCUT2D eigenvalue weighted by Gasteiger charge is 2.07. The third-order valence-corrected chi connectivity index (χ3v) is 5.30. The predicted molar refractivity (Wildman–Crippen MR) is 109 cm³/mol. The van der Waals surface area contributed by atoms with Crippen LogP contribution < -0.4 is 15.8 Å². The number of rotatable bonds is 7. The van der Waals surface area contributed by atoms with Gasteiger partial charge in [0.05, 0.1) is 11.1 Å². The van der Waals surface area contributed by atoms with Crippen molar-refractivity contribution in [1.29, 1.82) is 0 Å². The van der Waals surface area contributed by atoms with E-state index in [1.54, 1.807) is 18.3 Å². The summed E-state index contributed by atoms with van der Waals surface area (Å²) in [5.41, 5.74) is 4.29. The molecule has 0 fully saturated rings. The maximum atomic E-state index is 11.3. The second-order valence-electron chi connectivity index (χ2n) is 6.40. The van der Waals surface area contributed by atoms with Crippen LogP contribution in [-0.4, -0.2) is 30.1 Å². The maximum Gasteiger partial charge on any atom is 0.244 e. The lowest BCUT2D eigenvalue weighted by Gasteiger charge is -2.11. The number of benzene rings is 2. The topological polar surface area (TPSA) is 123 Å². The Labute approximate surface area is 164 Å². The van der Waals surface area contributed by atoms with Crippen LogP contribution in [0.5, 0.6) is 0 Å². The summed E-state index contributed by atoms with van der Waals surface area (Å²) in [6.45, 7) is 4.68. The number of hydrogen-bond donors (Lipinski definition) is 3. The van der Waals surface area contributed by atoms with Crippen LogP contribution in [0.1, 0.15) is 16.7 Å². The molecule has 0 atom stereocenters. The van der Waals surface area contributed by atoms with Crippen molar-refractivity contribution < 1.29 is 8.42 Å². The van der Waals surface area contributed by atoms with Crippen LogP contribution >= 0.6 is 0 Å². The molecule has 9 heteroatoms. The monoisotopic (exact) mass is 398 g/mol. The van der Waals surface area contributed by atoms with E-state index in [4.69, 9.17) is 5.14 Å². The van der Waals surface area contributed by atoms with Gasteiger partial charge < -0.3 is 10.6 Å². The molecule has 4 N–H and O–H groups in total. The van der Waals surface area contributed by atoms with Crippen molar-refractivity contribution in [2.75, 3.05) is 17.2 Å². The van der Waals surface area contributed by atoms with Gasteiger partial charge in [0.25, 0.3) is 0 Å². The molecule has 146 valence electrons. The van der Waals surface area contributed by atoms with E-state index < -0.39 is 10.0 Å². The second kappa shape index (κ2) is 8.32. The van der Waals surface area contributed by atoms with E-state index in [-0.39, 0.29) is 4.90 Å². The van der Waals surface area contributed by atoms with E-state index >= 15 is 0 Å². The van der Waals surface area contributed by atoms with Gasteiger partial charge in [0.15, 0.2) is 5.82 Å². The fourth-order valence-electron chi connectivity index (χ4n) is 2.63. The van der Waals surface area contributed by atoms with Gasteiger partial charge in [-0.25, -0.2) is 13.6 Å². The van der Waals surface area contributed by atoms with Gasteiger partial charge in [-0.05, 0) is 55.2 Å². The molecule has 0 aliphatic rings. The molecular weight excluding hydrogens is 376 g/mol. The summed E-state index contributed by atoms with van der Waals surface area (Å²) >= 11 is 0. The van der Waals surface area contributed by atoms with Crippen LogP contribution in [0.4, 0.5) is 17.5 Å². The number of aromatic nitrogens is 3. The molecule has 3 aromatic rings. The Hall–Kier alpha value is -3.04. The Bertz CT molecular complexity index is 1070. The SMILES string of the molecule is Cc1cccc(Nc2cnnc(NCCc3ccc(S(N)(=O)=O)cc3)n2)c1C. The molecule has 2 aromatic carbocycles. The number of sulfonamides is 1. The molecule has 0 saturated heterocycles. The number of nitrogens with two attached hydrogens (primary N) is 1. The fourth-order valence-corrected chi connectivity index (χ4v) is 3.14. The molecule has 0 amide bonds.